The molecule has 0 saturated heterocycles. The Balaban J connectivity index is 1.61. The minimum Gasteiger partial charge on any atom is -0.486 e. The van der Waals surface area contributed by atoms with E-state index < -0.39 is 18.2 Å². The Morgan fingerprint density at radius 2 is 1.58 bits per heavy atom. The van der Waals surface area contributed by atoms with Crippen molar-refractivity contribution in [2.45, 2.75) is 70.8 Å². The summed E-state index contributed by atoms with van der Waals surface area (Å²) < 4.78 is 25.3. The number of hydrogen-bond donors (Lipinski definition) is 0. The van der Waals surface area contributed by atoms with Crippen molar-refractivity contribution in [2.24, 2.45) is 23.2 Å². The van der Waals surface area contributed by atoms with Crippen LogP contribution in [0.15, 0.2) is 30.3 Å². The van der Waals surface area contributed by atoms with Crippen LogP contribution in [-0.4, -0.2) is 24.3 Å². The van der Waals surface area contributed by atoms with E-state index in [1.807, 2.05) is 37.3 Å². The molecule has 4 aliphatic rings. The number of carbonyl (C=O) groups is 1. The van der Waals surface area contributed by atoms with Crippen LogP contribution in [0.2, 0.25) is 0 Å². The van der Waals surface area contributed by atoms with Gasteiger partial charge in [-0.3, -0.25) is 0 Å². The van der Waals surface area contributed by atoms with Crippen LogP contribution in [0.1, 0.15) is 52.4 Å². The molecule has 5 rings (SSSR count). The smallest absolute Gasteiger partial charge is 0.340 e. The maximum absolute atomic E-state index is 13.4. The number of rotatable bonds is 6. The van der Waals surface area contributed by atoms with Gasteiger partial charge in [-0.15, -0.1) is 0 Å². The van der Waals surface area contributed by atoms with Crippen LogP contribution < -0.4 is 4.74 Å². The zero-order chi connectivity index (χ0) is 18.3. The molecule has 0 amide bonds. The van der Waals surface area contributed by atoms with Gasteiger partial charge in [0.15, 0.2) is 6.17 Å². The van der Waals surface area contributed by atoms with E-state index >= 15 is 0 Å². The normalized spacial score (nSPS) is 35.6. The monoisotopic (exact) mass is 360 g/mol. The molecular weight excluding hydrogens is 331 g/mol. The maximum atomic E-state index is 13.4. The van der Waals surface area contributed by atoms with Crippen molar-refractivity contribution in [1.29, 1.82) is 0 Å². The molecule has 4 fully saturated rings. The Hall–Kier alpha value is -1.58. The molecule has 0 spiro atoms. The third-order valence-electron chi connectivity index (χ3n) is 6.75. The van der Waals surface area contributed by atoms with Crippen molar-refractivity contribution >= 4 is 5.97 Å². The van der Waals surface area contributed by atoms with Crippen LogP contribution in [-0.2, 0) is 9.53 Å². The molecule has 0 N–H and O–H groups in total. The van der Waals surface area contributed by atoms with Crippen LogP contribution in [0.4, 0.5) is 4.39 Å². The van der Waals surface area contributed by atoms with E-state index in [1.54, 1.807) is 0 Å². The van der Waals surface area contributed by atoms with Crippen molar-refractivity contribution in [2.75, 3.05) is 0 Å². The molecule has 0 aromatic heterocycles. The molecule has 3 nitrogen and oxygen atoms in total. The summed E-state index contributed by atoms with van der Waals surface area (Å²) in [5.74, 6) is 2.32. The fourth-order valence-corrected chi connectivity index (χ4v) is 6.23. The molecule has 4 bridgehead atoms. The zero-order valence-corrected chi connectivity index (χ0v) is 15.7. The van der Waals surface area contributed by atoms with Gasteiger partial charge >= 0.3 is 5.97 Å². The lowest BCUT2D eigenvalue weighted by molar-refractivity contribution is -0.175. The Morgan fingerprint density at radius 1 is 1.04 bits per heavy atom. The van der Waals surface area contributed by atoms with Crippen molar-refractivity contribution in [3.8, 4) is 5.75 Å². The Morgan fingerprint density at radius 3 is 2.08 bits per heavy atom. The van der Waals surface area contributed by atoms with Gasteiger partial charge in [-0.05, 0) is 82.3 Å². The highest BCUT2D eigenvalue weighted by molar-refractivity contribution is 5.74. The number of alkyl halides is 1. The molecule has 4 saturated carbocycles. The van der Waals surface area contributed by atoms with Gasteiger partial charge in [-0.25, -0.2) is 9.18 Å². The summed E-state index contributed by atoms with van der Waals surface area (Å²) in [5, 5.41) is 0. The third-order valence-corrected chi connectivity index (χ3v) is 6.75. The number of carbonyl (C=O) groups excluding carboxylic acids is 1. The first-order valence-electron chi connectivity index (χ1n) is 10.0. The second-order valence-electron chi connectivity index (χ2n) is 8.89. The molecule has 0 unspecified atom stereocenters. The van der Waals surface area contributed by atoms with Crippen LogP contribution in [0.5, 0.6) is 5.75 Å². The third kappa shape index (κ3) is 3.35. The number of para-hydroxylation sites is 1. The molecule has 26 heavy (non-hydrogen) atoms. The van der Waals surface area contributed by atoms with Crippen molar-refractivity contribution in [3.63, 3.8) is 0 Å². The number of halogens is 1. The fraction of sp³-hybridized carbons (Fsp3) is 0.682. The quantitative estimate of drug-likeness (QED) is 0.674. The minimum atomic E-state index is -1.61. The van der Waals surface area contributed by atoms with Crippen LogP contribution in [0.3, 0.4) is 0 Å². The summed E-state index contributed by atoms with van der Waals surface area (Å²) in [6.07, 6.45) is 5.16. The molecule has 0 aliphatic heterocycles. The molecule has 0 radical (unpaired) electrons. The van der Waals surface area contributed by atoms with E-state index in [-0.39, 0.29) is 11.5 Å². The second kappa shape index (κ2) is 6.86. The molecule has 1 aromatic carbocycles. The predicted octanol–water partition coefficient (Wildman–Crippen LogP) is 4.94. The van der Waals surface area contributed by atoms with Crippen molar-refractivity contribution in [3.05, 3.63) is 30.3 Å². The van der Waals surface area contributed by atoms with E-state index in [1.165, 1.54) is 26.2 Å². The van der Waals surface area contributed by atoms with Crippen molar-refractivity contribution in [1.82, 2.24) is 0 Å². The highest BCUT2D eigenvalue weighted by atomic mass is 19.1. The molecule has 4 aliphatic carbocycles. The van der Waals surface area contributed by atoms with Gasteiger partial charge in [0.1, 0.15) is 18.0 Å². The van der Waals surface area contributed by atoms with Crippen LogP contribution >= 0.6 is 0 Å². The summed E-state index contributed by atoms with van der Waals surface area (Å²) in [6.45, 7) is 3.10. The van der Waals surface area contributed by atoms with E-state index in [9.17, 15) is 9.18 Å². The first kappa shape index (κ1) is 17.8. The van der Waals surface area contributed by atoms with E-state index in [2.05, 4.69) is 0 Å². The van der Waals surface area contributed by atoms with Gasteiger partial charge in [0.25, 0.3) is 0 Å². The van der Waals surface area contributed by atoms with E-state index in [4.69, 9.17) is 9.47 Å². The summed E-state index contributed by atoms with van der Waals surface area (Å²) >= 11 is 0. The topological polar surface area (TPSA) is 35.5 Å². The van der Waals surface area contributed by atoms with Gasteiger partial charge < -0.3 is 9.47 Å². The first-order chi connectivity index (χ1) is 12.4. The zero-order valence-electron chi connectivity index (χ0n) is 15.7. The molecule has 4 heteroatoms. The fourth-order valence-electron chi connectivity index (χ4n) is 6.23. The number of benzene rings is 1. The van der Waals surface area contributed by atoms with Gasteiger partial charge in [-0.1, -0.05) is 18.2 Å². The lowest BCUT2D eigenvalue weighted by Crippen LogP contribution is -2.57. The molecule has 3 atom stereocenters. The Kier molecular flexibility index (Phi) is 4.70. The largest absolute Gasteiger partial charge is 0.486 e. The van der Waals surface area contributed by atoms with E-state index in [0.29, 0.717) is 0 Å². The van der Waals surface area contributed by atoms with Crippen LogP contribution in [0.25, 0.3) is 0 Å². The summed E-state index contributed by atoms with van der Waals surface area (Å²) in [6, 6.07) is 9.75. The SMILES string of the molecule is C[C@H](F)C(=O)O[C@@H](C)[C@H](Oc1ccccc1)C12CC3CC(CC(C3)C1)C2. The summed E-state index contributed by atoms with van der Waals surface area (Å²) in [7, 11) is 0. The van der Waals surface area contributed by atoms with Gasteiger partial charge in [0.05, 0.1) is 0 Å². The summed E-state index contributed by atoms with van der Waals surface area (Å²) in [4.78, 5) is 11.9. The lowest BCUT2D eigenvalue weighted by Gasteiger charge is -2.59. The first-order valence-corrected chi connectivity index (χ1v) is 10.0. The Bertz CT molecular complexity index is 607. The number of hydrogen-bond acceptors (Lipinski definition) is 3. The molecular formula is C22H29FO3. The van der Waals surface area contributed by atoms with Gasteiger partial charge in [0.2, 0.25) is 0 Å². The van der Waals surface area contributed by atoms with Gasteiger partial charge in [0, 0.05) is 5.41 Å². The minimum absolute atomic E-state index is 0.0455. The standard InChI is InChI=1S/C22H29FO3/c1-14(23)21(24)25-15(2)20(26-19-6-4-3-5-7-19)22-11-16-8-17(12-22)10-18(9-16)13-22/h3-7,14-18,20H,8-13H2,1-2H3/t14-,15-,16?,17?,18?,20-,22?/m0/s1. The maximum Gasteiger partial charge on any atom is 0.340 e. The highest BCUT2D eigenvalue weighted by Gasteiger charge is 2.57. The predicted molar refractivity (Wildman–Crippen MR) is 97.6 cm³/mol. The summed E-state index contributed by atoms with van der Waals surface area (Å²) in [5.41, 5.74) is 0.0455. The van der Waals surface area contributed by atoms with Crippen molar-refractivity contribution < 1.29 is 18.7 Å². The highest BCUT2D eigenvalue weighted by Crippen LogP contribution is 2.62. The number of ether oxygens (including phenoxy) is 2. The molecule has 142 valence electrons. The van der Waals surface area contributed by atoms with Gasteiger partial charge in [-0.2, -0.15) is 0 Å². The lowest BCUT2D eigenvalue weighted by atomic mass is 9.47. The average molecular weight is 360 g/mol. The van der Waals surface area contributed by atoms with Crippen LogP contribution in [0, 0.1) is 23.2 Å². The second-order valence-corrected chi connectivity index (χ2v) is 8.89. The Labute approximate surface area is 155 Å². The average Bonchev–Trinajstić information content (AvgIpc) is 2.59. The molecule has 0 heterocycles. The molecule has 1 aromatic rings. The van der Waals surface area contributed by atoms with E-state index in [0.717, 1.165) is 42.8 Å². The number of esters is 1.